The van der Waals surface area contributed by atoms with Gasteiger partial charge in [0.1, 0.15) is 12.7 Å². The molecule has 0 amide bonds. The molecule has 0 fully saturated rings. The third-order valence-electron chi connectivity index (χ3n) is 8.79. The Morgan fingerprint density at radius 3 is 1.64 bits per heavy atom. The van der Waals surface area contributed by atoms with Gasteiger partial charge in [-0.05, 0) is 57.8 Å². The summed E-state index contributed by atoms with van der Waals surface area (Å²) in [5.74, 6) is -1.28. The second-order valence-corrected chi connectivity index (χ2v) is 17.4. The van der Waals surface area contributed by atoms with Crippen LogP contribution in [0.2, 0.25) is 0 Å². The molecule has 15 nitrogen and oxygen atoms in total. The third-order valence-corrected chi connectivity index (χ3v) is 10.2. The van der Waals surface area contributed by atoms with Gasteiger partial charge in [0.15, 0.2) is 6.10 Å². The molecule has 0 saturated carbocycles. The second kappa shape index (κ2) is 39.1. The van der Waals surface area contributed by atoms with E-state index in [1.54, 1.807) is 24.3 Å². The highest BCUT2D eigenvalue weighted by molar-refractivity contribution is 7.47. The fraction of sp³-hybridized carbons (Fsp3) is 0.682. The number of rotatable bonds is 40. The van der Waals surface area contributed by atoms with Gasteiger partial charge in [-0.3, -0.25) is 23.2 Å². The number of phosphoric ester groups is 2. The first-order chi connectivity index (χ1) is 29.2. The molecule has 0 aliphatic carbocycles. The van der Waals surface area contributed by atoms with E-state index in [4.69, 9.17) is 23.8 Å². The molecule has 0 aromatic rings. The molecular weight excluding hydrogens is 830 g/mol. The van der Waals surface area contributed by atoms with E-state index in [1.165, 1.54) is 25.7 Å². The molecule has 0 radical (unpaired) electrons. The van der Waals surface area contributed by atoms with Gasteiger partial charge >= 0.3 is 27.6 Å². The first-order valence-electron chi connectivity index (χ1n) is 21.9. The minimum absolute atomic E-state index is 0.124. The van der Waals surface area contributed by atoms with Gasteiger partial charge < -0.3 is 39.5 Å². The second-order valence-electron chi connectivity index (χ2n) is 14.7. The summed E-state index contributed by atoms with van der Waals surface area (Å²) in [6.07, 6.45) is 35.3. The quantitative estimate of drug-likeness (QED) is 0.0146. The van der Waals surface area contributed by atoms with E-state index in [0.29, 0.717) is 12.8 Å². The molecule has 1 unspecified atom stereocenters. The zero-order chi connectivity index (χ0) is 45.5. The molecule has 6 N–H and O–H groups in total. The monoisotopic (exact) mass is 906 g/mol. The van der Waals surface area contributed by atoms with Crippen molar-refractivity contribution in [2.75, 3.05) is 26.4 Å². The van der Waals surface area contributed by atoms with Crippen molar-refractivity contribution in [1.29, 1.82) is 0 Å². The van der Waals surface area contributed by atoms with Crippen LogP contribution in [0.25, 0.3) is 0 Å². The average Bonchev–Trinajstić information content (AvgIpc) is 3.21. The maximum atomic E-state index is 12.7. The molecule has 61 heavy (non-hydrogen) atoms. The Morgan fingerprint density at radius 1 is 0.541 bits per heavy atom. The minimum atomic E-state index is -4.90. The van der Waals surface area contributed by atoms with E-state index in [1.807, 2.05) is 24.3 Å². The molecule has 5 atom stereocenters. The van der Waals surface area contributed by atoms with Crippen molar-refractivity contribution < 1.29 is 71.8 Å². The number of allylic oxidation sites excluding steroid dienone is 10. The van der Waals surface area contributed by atoms with Gasteiger partial charge in [-0.25, -0.2) is 9.13 Å². The van der Waals surface area contributed by atoms with Crippen molar-refractivity contribution in [1.82, 2.24) is 0 Å². The van der Waals surface area contributed by atoms with Crippen LogP contribution in [0.5, 0.6) is 0 Å². The lowest BCUT2D eigenvalue weighted by Gasteiger charge is -2.20. The summed E-state index contributed by atoms with van der Waals surface area (Å²) in [7, 11) is -9.77. The van der Waals surface area contributed by atoms with Crippen molar-refractivity contribution in [3.63, 3.8) is 0 Å². The molecule has 17 heteroatoms. The molecule has 0 spiro atoms. The number of hydrogen-bond acceptors (Lipinski definition) is 12. The molecule has 0 aliphatic heterocycles. The van der Waals surface area contributed by atoms with Crippen LogP contribution in [0.1, 0.15) is 142 Å². The third kappa shape index (κ3) is 42.6. The van der Waals surface area contributed by atoms with E-state index >= 15 is 0 Å². The Morgan fingerprint density at radius 2 is 1.03 bits per heavy atom. The van der Waals surface area contributed by atoms with Crippen molar-refractivity contribution >= 4 is 27.6 Å². The van der Waals surface area contributed by atoms with E-state index < -0.39 is 78.4 Å². The number of hydrogen-bond donors (Lipinski definition) is 6. The highest BCUT2D eigenvalue weighted by atomic mass is 31.2. The van der Waals surface area contributed by atoms with Crippen molar-refractivity contribution in [3.05, 3.63) is 72.9 Å². The maximum Gasteiger partial charge on any atom is 0.472 e. The SMILES string of the molecule is CCCCCC/C=C\C=C/CCCCCCCC(=O)OC[C@H](COP(=O)(O)OC[C@@H](O)COP(=O)(O)O)OC(=O)CCC[C@H](O)/C=C/C=C\C/C=C\C=C\[C@H](O)CCCCC. The van der Waals surface area contributed by atoms with E-state index in [9.17, 15) is 38.9 Å². The van der Waals surface area contributed by atoms with Crippen molar-refractivity contribution in [2.24, 2.45) is 0 Å². The molecule has 0 aliphatic rings. The number of unbranched alkanes of at least 4 members (excludes halogenated alkanes) is 11. The fourth-order valence-electron chi connectivity index (χ4n) is 5.37. The zero-order valence-corrected chi connectivity index (χ0v) is 38.2. The largest absolute Gasteiger partial charge is 0.472 e. The summed E-state index contributed by atoms with van der Waals surface area (Å²) in [6, 6.07) is 0. The van der Waals surface area contributed by atoms with Crippen LogP contribution in [0.4, 0.5) is 0 Å². The smallest absolute Gasteiger partial charge is 0.462 e. The first kappa shape index (κ1) is 58.5. The maximum absolute atomic E-state index is 12.7. The van der Waals surface area contributed by atoms with Gasteiger partial charge in [0.2, 0.25) is 0 Å². The summed E-state index contributed by atoms with van der Waals surface area (Å²) in [6.45, 7) is 1.34. The normalized spacial score (nSPS) is 15.7. The number of ether oxygens (including phenoxy) is 2. The van der Waals surface area contributed by atoms with Crippen LogP contribution < -0.4 is 0 Å². The zero-order valence-electron chi connectivity index (χ0n) is 36.5. The molecule has 0 aromatic heterocycles. The molecule has 0 heterocycles. The standard InChI is InChI=1S/C44H76O15P2/c1-3-5-7-8-9-10-11-12-13-14-15-16-20-23-27-33-43(48)55-37-42(38-58-61(53,54)57-36-41(47)35-56-60(50,51)52)59-44(49)34-28-32-40(46)31-26-22-19-17-18-21-25-30-39(45)29-24-6-4-2/h10-13,18-19,21-22,25-26,30-31,39-42,45-47H,3-9,14-17,20,23-24,27-29,32-38H2,1-2H3,(H,53,54)(H2,50,51,52)/b11-10-,13-12-,21-18-,22-19-,30-25+,31-26+/t39-,40-,41+,42-/m1/s1. The van der Waals surface area contributed by atoms with Crippen LogP contribution in [-0.2, 0) is 41.8 Å². The molecule has 0 bridgehead atoms. The highest BCUT2D eigenvalue weighted by Gasteiger charge is 2.28. The Labute approximate surface area is 364 Å². The molecular formula is C44H76O15P2. The number of phosphoric acid groups is 2. The van der Waals surface area contributed by atoms with Crippen molar-refractivity contribution in [3.8, 4) is 0 Å². The van der Waals surface area contributed by atoms with Crippen LogP contribution >= 0.6 is 15.6 Å². The first-order valence-corrected chi connectivity index (χ1v) is 24.9. The lowest BCUT2D eigenvalue weighted by Crippen LogP contribution is -2.30. The van der Waals surface area contributed by atoms with Crippen LogP contribution in [-0.4, -0.2) is 92.8 Å². The van der Waals surface area contributed by atoms with E-state index in [0.717, 1.165) is 64.2 Å². The fourth-order valence-corrected chi connectivity index (χ4v) is 6.53. The number of carbonyl (C=O) groups excluding carboxylic acids is 2. The summed E-state index contributed by atoms with van der Waals surface area (Å²) in [4.78, 5) is 52.7. The topological polar surface area (TPSA) is 236 Å². The Kier molecular flexibility index (Phi) is 37.5. The van der Waals surface area contributed by atoms with Crippen LogP contribution in [0.3, 0.4) is 0 Å². The molecule has 0 rings (SSSR count). The van der Waals surface area contributed by atoms with Gasteiger partial charge in [-0.15, -0.1) is 0 Å². The van der Waals surface area contributed by atoms with Crippen molar-refractivity contribution in [2.45, 2.75) is 167 Å². The van der Waals surface area contributed by atoms with E-state index in [2.05, 4.69) is 47.2 Å². The summed E-state index contributed by atoms with van der Waals surface area (Å²) < 4.78 is 47.6. The highest BCUT2D eigenvalue weighted by Crippen LogP contribution is 2.43. The average molecular weight is 907 g/mol. The van der Waals surface area contributed by atoms with Crippen LogP contribution in [0.15, 0.2) is 72.9 Å². The molecule has 352 valence electrons. The van der Waals surface area contributed by atoms with Gasteiger partial charge in [-0.2, -0.15) is 0 Å². The lowest BCUT2D eigenvalue weighted by atomic mass is 10.1. The number of aliphatic hydroxyl groups is 3. The lowest BCUT2D eigenvalue weighted by molar-refractivity contribution is -0.161. The predicted molar refractivity (Wildman–Crippen MR) is 237 cm³/mol. The number of aliphatic hydroxyl groups excluding tert-OH is 3. The van der Waals surface area contributed by atoms with E-state index in [-0.39, 0.29) is 25.7 Å². The van der Waals surface area contributed by atoms with Crippen LogP contribution in [0, 0.1) is 0 Å². The number of esters is 2. The van der Waals surface area contributed by atoms with Gasteiger partial charge in [0.05, 0.1) is 32.0 Å². The van der Waals surface area contributed by atoms with Gasteiger partial charge in [-0.1, -0.05) is 145 Å². The van der Waals surface area contributed by atoms with Gasteiger partial charge in [0.25, 0.3) is 0 Å². The summed E-state index contributed by atoms with van der Waals surface area (Å²) in [5.41, 5.74) is 0. The number of carbonyl (C=O) groups is 2. The molecule has 0 aromatic carbocycles. The minimum Gasteiger partial charge on any atom is -0.462 e. The Bertz CT molecular complexity index is 1390. The van der Waals surface area contributed by atoms with Gasteiger partial charge in [0, 0.05) is 12.8 Å². The predicted octanol–water partition coefficient (Wildman–Crippen LogP) is 8.95. The Balaban J connectivity index is 4.80. The molecule has 0 saturated heterocycles. The Hall–Kier alpha value is -2.52. The summed E-state index contributed by atoms with van der Waals surface area (Å²) in [5, 5.41) is 29.9. The summed E-state index contributed by atoms with van der Waals surface area (Å²) >= 11 is 0.